The van der Waals surface area contributed by atoms with Gasteiger partial charge in [-0.15, -0.1) is 0 Å². The number of ether oxygens (including phenoxy) is 2. The van der Waals surface area contributed by atoms with Gasteiger partial charge in [0.1, 0.15) is 11.2 Å². The lowest BCUT2D eigenvalue weighted by Crippen LogP contribution is -2.58. The van der Waals surface area contributed by atoms with Gasteiger partial charge in [0.05, 0.1) is 0 Å². The van der Waals surface area contributed by atoms with Gasteiger partial charge in [-0.2, -0.15) is 0 Å². The molecule has 0 spiro atoms. The van der Waals surface area contributed by atoms with Crippen LogP contribution in [0.2, 0.25) is 0 Å². The molecule has 0 saturated carbocycles. The van der Waals surface area contributed by atoms with Crippen molar-refractivity contribution in [3.05, 3.63) is 0 Å². The first-order chi connectivity index (χ1) is 13.6. The van der Waals surface area contributed by atoms with E-state index in [0.29, 0.717) is 0 Å². The third kappa shape index (κ3) is 8.68. The Morgan fingerprint density at radius 1 is 0.633 bits per heavy atom. The van der Waals surface area contributed by atoms with Crippen molar-refractivity contribution in [3.63, 3.8) is 0 Å². The van der Waals surface area contributed by atoms with Crippen molar-refractivity contribution in [3.8, 4) is 0 Å². The minimum Gasteiger partial charge on any atom is -0.444 e. The molecule has 2 aliphatic heterocycles. The van der Waals surface area contributed by atoms with Crippen LogP contribution in [0.1, 0.15) is 69.2 Å². The number of nitrogens with one attached hydrogen (secondary N) is 2. The summed E-state index contributed by atoms with van der Waals surface area (Å²) in [4.78, 5) is 27.5. The third-order valence-corrected chi connectivity index (χ3v) is 4.87. The van der Waals surface area contributed by atoms with Crippen LogP contribution in [0.25, 0.3) is 0 Å². The fourth-order valence-electron chi connectivity index (χ4n) is 3.61. The molecule has 0 aliphatic carbocycles. The first-order valence-corrected chi connectivity index (χ1v) is 11.1. The van der Waals surface area contributed by atoms with Crippen LogP contribution in [-0.4, -0.2) is 83.5 Å². The average molecular weight is 429 g/mol. The Balaban J connectivity index is 0.000000300. The highest BCUT2D eigenvalue weighted by atomic mass is 16.6. The van der Waals surface area contributed by atoms with Gasteiger partial charge in [-0.05, 0) is 69.2 Å². The maximum atomic E-state index is 11.9. The van der Waals surface area contributed by atoms with Crippen molar-refractivity contribution in [1.29, 1.82) is 0 Å². The lowest BCUT2D eigenvalue weighted by atomic mass is 10.1. The fourth-order valence-corrected chi connectivity index (χ4v) is 3.61. The number of hydrogen-bond acceptors (Lipinski definition) is 6. The van der Waals surface area contributed by atoms with Crippen LogP contribution in [0.3, 0.4) is 0 Å². The Labute approximate surface area is 183 Å². The van der Waals surface area contributed by atoms with Gasteiger partial charge in [-0.3, -0.25) is 0 Å². The van der Waals surface area contributed by atoms with Crippen LogP contribution in [-0.2, 0) is 9.47 Å². The molecule has 176 valence electrons. The summed E-state index contributed by atoms with van der Waals surface area (Å²) in [6.45, 7) is 22.8. The number of nitrogens with zero attached hydrogens (tertiary/aromatic N) is 2. The predicted octanol–water partition coefficient (Wildman–Crippen LogP) is 3.21. The van der Waals surface area contributed by atoms with Crippen LogP contribution >= 0.6 is 0 Å². The Hall–Kier alpha value is -1.54. The maximum Gasteiger partial charge on any atom is 0.410 e. The molecular weight excluding hydrogens is 384 g/mol. The Morgan fingerprint density at radius 3 is 1.07 bits per heavy atom. The van der Waals surface area contributed by atoms with Crippen molar-refractivity contribution >= 4 is 12.2 Å². The number of carbonyl (C=O) groups is 2. The molecule has 0 unspecified atom stereocenters. The highest BCUT2D eigenvalue weighted by molar-refractivity contribution is 5.69. The zero-order valence-electron chi connectivity index (χ0n) is 20.7. The molecule has 0 aromatic carbocycles. The molecule has 0 bridgehead atoms. The summed E-state index contributed by atoms with van der Waals surface area (Å²) in [6.07, 6.45) is -0.409. The zero-order valence-corrected chi connectivity index (χ0v) is 20.7. The molecule has 0 aromatic heterocycles. The molecule has 0 radical (unpaired) electrons. The van der Waals surface area contributed by atoms with Gasteiger partial charge < -0.3 is 29.9 Å². The molecule has 2 N–H and O–H groups in total. The highest BCUT2D eigenvalue weighted by Gasteiger charge is 2.33. The molecule has 2 rings (SSSR count). The van der Waals surface area contributed by atoms with Crippen LogP contribution in [0.4, 0.5) is 9.59 Å². The SMILES string of the molecule is C[C@@H]1CNC[C@H](C)N1C(=O)OC(C)(C)C.C[C@@H]1CNC[C@H](C)N1C(=O)OC(C)(C)C. The summed E-state index contributed by atoms with van der Waals surface area (Å²) in [5.41, 5.74) is -0.831. The molecule has 8 nitrogen and oxygen atoms in total. The Bertz CT molecular complexity index is 500. The lowest BCUT2D eigenvalue weighted by molar-refractivity contribution is 0.00191. The van der Waals surface area contributed by atoms with E-state index in [9.17, 15) is 9.59 Å². The van der Waals surface area contributed by atoms with Crippen molar-refractivity contribution in [2.75, 3.05) is 26.2 Å². The number of carbonyl (C=O) groups excluding carboxylic acids is 2. The second-order valence-corrected chi connectivity index (χ2v) is 10.5. The standard InChI is InChI=1S/2C11H22N2O2/c2*1-8-6-12-7-9(2)13(8)10(14)15-11(3,4)5/h2*8-9,12H,6-7H2,1-5H3/t2*8-,9+. The van der Waals surface area contributed by atoms with Crippen LogP contribution in [0.15, 0.2) is 0 Å². The predicted molar refractivity (Wildman–Crippen MR) is 120 cm³/mol. The Morgan fingerprint density at radius 2 is 0.867 bits per heavy atom. The number of rotatable bonds is 0. The second-order valence-electron chi connectivity index (χ2n) is 10.5. The topological polar surface area (TPSA) is 83.1 Å². The summed E-state index contributed by atoms with van der Waals surface area (Å²) in [7, 11) is 0. The molecule has 2 heterocycles. The molecule has 4 atom stereocenters. The normalized spacial score (nSPS) is 27.7. The van der Waals surface area contributed by atoms with Crippen molar-refractivity contribution in [2.24, 2.45) is 0 Å². The minimum absolute atomic E-state index is 0.198. The van der Waals surface area contributed by atoms with E-state index in [-0.39, 0.29) is 36.4 Å². The molecule has 0 aromatic rings. The maximum absolute atomic E-state index is 11.9. The molecule has 2 fully saturated rings. The minimum atomic E-state index is -0.415. The second kappa shape index (κ2) is 10.7. The lowest BCUT2D eigenvalue weighted by Gasteiger charge is -2.39. The van der Waals surface area contributed by atoms with Crippen molar-refractivity contribution in [1.82, 2.24) is 20.4 Å². The summed E-state index contributed by atoms with van der Waals surface area (Å²) in [6, 6.07) is 0.791. The molecule has 2 aliphatic rings. The van der Waals surface area contributed by atoms with Crippen molar-refractivity contribution < 1.29 is 19.1 Å². The highest BCUT2D eigenvalue weighted by Crippen LogP contribution is 2.17. The Kier molecular flexibility index (Phi) is 9.42. The summed E-state index contributed by atoms with van der Waals surface area (Å²) in [5.74, 6) is 0. The quantitative estimate of drug-likeness (QED) is 0.616. The van der Waals surface area contributed by atoms with Gasteiger partial charge in [0.2, 0.25) is 0 Å². The van der Waals surface area contributed by atoms with Gasteiger partial charge in [-0.25, -0.2) is 9.59 Å². The van der Waals surface area contributed by atoms with Gasteiger partial charge in [0.25, 0.3) is 0 Å². The van der Waals surface area contributed by atoms with E-state index in [1.165, 1.54) is 0 Å². The van der Waals surface area contributed by atoms with E-state index < -0.39 is 11.2 Å². The largest absolute Gasteiger partial charge is 0.444 e. The van der Waals surface area contributed by atoms with E-state index in [1.54, 1.807) is 0 Å². The zero-order chi connectivity index (χ0) is 23.3. The molecule has 2 amide bonds. The van der Waals surface area contributed by atoms with Crippen LogP contribution in [0, 0.1) is 0 Å². The fraction of sp³-hybridized carbons (Fsp3) is 0.909. The van der Waals surface area contributed by atoms with E-state index in [0.717, 1.165) is 26.2 Å². The molecule has 8 heteroatoms. The van der Waals surface area contributed by atoms with Crippen molar-refractivity contribution in [2.45, 2.75) is 105 Å². The van der Waals surface area contributed by atoms with Gasteiger partial charge >= 0.3 is 12.2 Å². The van der Waals surface area contributed by atoms with E-state index in [2.05, 4.69) is 10.6 Å². The van der Waals surface area contributed by atoms with Gasteiger partial charge in [0.15, 0.2) is 0 Å². The number of hydrogen-bond donors (Lipinski definition) is 2. The molecule has 30 heavy (non-hydrogen) atoms. The van der Waals surface area contributed by atoms with E-state index in [1.807, 2.05) is 79.0 Å². The number of amides is 2. The number of piperazine rings is 2. The molecular formula is C22H44N4O4. The smallest absolute Gasteiger partial charge is 0.410 e. The third-order valence-electron chi connectivity index (χ3n) is 4.87. The summed E-state index contributed by atoms with van der Waals surface area (Å²) in [5, 5.41) is 6.57. The van der Waals surface area contributed by atoms with Gasteiger partial charge in [-0.1, -0.05) is 0 Å². The van der Waals surface area contributed by atoms with E-state index in [4.69, 9.17) is 9.47 Å². The summed E-state index contributed by atoms with van der Waals surface area (Å²) < 4.78 is 10.8. The monoisotopic (exact) mass is 428 g/mol. The van der Waals surface area contributed by atoms with Gasteiger partial charge in [0, 0.05) is 50.3 Å². The van der Waals surface area contributed by atoms with Crippen LogP contribution in [0.5, 0.6) is 0 Å². The van der Waals surface area contributed by atoms with Crippen LogP contribution < -0.4 is 10.6 Å². The summed E-state index contributed by atoms with van der Waals surface area (Å²) >= 11 is 0. The first-order valence-electron chi connectivity index (χ1n) is 11.1. The first kappa shape index (κ1) is 26.5. The average Bonchev–Trinajstić information content (AvgIpc) is 2.51. The molecule has 2 saturated heterocycles. The van der Waals surface area contributed by atoms with E-state index >= 15 is 0 Å².